The topological polar surface area (TPSA) is 106 Å². The quantitative estimate of drug-likeness (QED) is 0.384. The smallest absolute Gasteiger partial charge is 0.188 e. The molecule has 8 heteroatoms. The molecular weight excluding hydrogens is 310 g/mol. The molecule has 0 atom stereocenters. The number of pyridine rings is 1. The Kier molecular flexibility index (Phi) is 4.49. The van der Waals surface area contributed by atoms with Crippen LogP contribution >= 0.6 is 11.8 Å². The second kappa shape index (κ2) is 6.15. The first-order valence-corrected chi connectivity index (χ1v) is 8.53. The third kappa shape index (κ3) is 3.96. The van der Waals surface area contributed by atoms with Crippen LogP contribution < -0.4 is 5.73 Å². The molecular formula is C13H13N3O3S2. The van der Waals surface area contributed by atoms with E-state index in [1.807, 2.05) is 0 Å². The average Bonchev–Trinajstić information content (AvgIpc) is 2.47. The van der Waals surface area contributed by atoms with Crippen molar-refractivity contribution >= 4 is 27.4 Å². The van der Waals surface area contributed by atoms with Gasteiger partial charge >= 0.3 is 0 Å². The van der Waals surface area contributed by atoms with Crippen LogP contribution in [0, 0.1) is 0 Å². The van der Waals surface area contributed by atoms with Gasteiger partial charge in [-0.3, -0.25) is 4.98 Å². The Morgan fingerprint density at radius 3 is 2.29 bits per heavy atom. The molecule has 0 aliphatic rings. The molecule has 0 aliphatic heterocycles. The summed E-state index contributed by atoms with van der Waals surface area (Å²) in [5, 5.41) is 11.4. The lowest BCUT2D eigenvalue weighted by Crippen LogP contribution is -2.14. The number of hydrogen-bond donors (Lipinski definition) is 2. The zero-order valence-electron chi connectivity index (χ0n) is 11.1. The molecule has 0 spiro atoms. The van der Waals surface area contributed by atoms with E-state index in [-0.39, 0.29) is 10.7 Å². The number of oxime groups is 1. The van der Waals surface area contributed by atoms with E-state index in [1.54, 1.807) is 42.6 Å². The van der Waals surface area contributed by atoms with Gasteiger partial charge in [-0.25, -0.2) is 8.42 Å². The Morgan fingerprint density at radius 1 is 1.19 bits per heavy atom. The number of nitrogens with two attached hydrogens (primary N) is 1. The van der Waals surface area contributed by atoms with Gasteiger partial charge in [0.05, 0.1) is 4.90 Å². The Labute approximate surface area is 126 Å². The summed E-state index contributed by atoms with van der Waals surface area (Å²) in [5.74, 6) is -0.0518. The van der Waals surface area contributed by atoms with E-state index in [1.165, 1.54) is 18.0 Å². The third-order valence-electron chi connectivity index (χ3n) is 2.59. The first-order chi connectivity index (χ1) is 9.90. The van der Waals surface area contributed by atoms with Crippen LogP contribution in [0.4, 0.5) is 0 Å². The summed E-state index contributed by atoms with van der Waals surface area (Å²) < 4.78 is 22.7. The molecule has 21 heavy (non-hydrogen) atoms. The lowest BCUT2D eigenvalue weighted by Gasteiger charge is -2.04. The Morgan fingerprint density at radius 2 is 1.81 bits per heavy atom. The van der Waals surface area contributed by atoms with Crippen molar-refractivity contribution < 1.29 is 13.6 Å². The van der Waals surface area contributed by atoms with Crippen LogP contribution in [0.2, 0.25) is 0 Å². The molecule has 0 aliphatic carbocycles. The largest absolute Gasteiger partial charge is 0.409 e. The van der Waals surface area contributed by atoms with E-state index < -0.39 is 9.84 Å². The van der Waals surface area contributed by atoms with Crippen LogP contribution in [-0.2, 0) is 9.84 Å². The van der Waals surface area contributed by atoms with E-state index in [0.717, 1.165) is 9.79 Å². The molecule has 2 rings (SSSR count). The second-order valence-electron chi connectivity index (χ2n) is 4.21. The fraction of sp³-hybridized carbons (Fsp3) is 0.0769. The van der Waals surface area contributed by atoms with Gasteiger partial charge in [0.15, 0.2) is 15.7 Å². The van der Waals surface area contributed by atoms with Gasteiger partial charge in [-0.05, 0) is 36.4 Å². The Hall–Kier alpha value is -2.06. The highest BCUT2D eigenvalue weighted by atomic mass is 32.2. The average molecular weight is 323 g/mol. The molecule has 0 amide bonds. The van der Waals surface area contributed by atoms with Crippen LogP contribution in [0.25, 0.3) is 0 Å². The number of rotatable bonds is 4. The number of amidine groups is 1. The first kappa shape index (κ1) is 15.3. The van der Waals surface area contributed by atoms with Gasteiger partial charge in [-0.15, -0.1) is 0 Å². The van der Waals surface area contributed by atoms with Crippen molar-refractivity contribution in [1.82, 2.24) is 4.98 Å². The van der Waals surface area contributed by atoms with Crippen LogP contribution in [0.5, 0.6) is 0 Å². The fourth-order valence-electron chi connectivity index (χ4n) is 1.53. The summed E-state index contributed by atoms with van der Waals surface area (Å²) in [7, 11) is -3.18. The maximum absolute atomic E-state index is 11.4. The zero-order chi connectivity index (χ0) is 15.5. The molecule has 0 radical (unpaired) electrons. The van der Waals surface area contributed by atoms with Crippen molar-refractivity contribution in [2.45, 2.75) is 14.7 Å². The van der Waals surface area contributed by atoms with Crippen molar-refractivity contribution in [2.24, 2.45) is 10.9 Å². The monoisotopic (exact) mass is 323 g/mol. The van der Waals surface area contributed by atoms with Gasteiger partial charge in [0.25, 0.3) is 0 Å². The van der Waals surface area contributed by atoms with Crippen molar-refractivity contribution in [3.05, 3.63) is 48.3 Å². The van der Waals surface area contributed by atoms with Crippen molar-refractivity contribution in [3.8, 4) is 0 Å². The lowest BCUT2D eigenvalue weighted by molar-refractivity contribution is 0.318. The molecule has 6 nitrogen and oxygen atoms in total. The standard InChI is InChI=1S/C13H13N3O3S2/c1-21(18,19)11-5-2-9(3-6-11)20-10-4-7-12(15-8-10)13(14)16-17/h2-8,17H,1H3,(H2,14,16). The van der Waals surface area contributed by atoms with E-state index in [9.17, 15) is 8.42 Å². The molecule has 2 aromatic rings. The SMILES string of the molecule is CS(=O)(=O)c1ccc(Sc2ccc(/C(N)=N/O)nc2)cc1. The minimum atomic E-state index is -3.18. The minimum Gasteiger partial charge on any atom is -0.409 e. The van der Waals surface area contributed by atoms with Gasteiger partial charge in [0.1, 0.15) is 5.69 Å². The van der Waals surface area contributed by atoms with Gasteiger partial charge in [-0.1, -0.05) is 16.9 Å². The van der Waals surface area contributed by atoms with Crippen LogP contribution in [0.15, 0.2) is 62.4 Å². The third-order valence-corrected chi connectivity index (χ3v) is 4.71. The summed E-state index contributed by atoms with van der Waals surface area (Å²) in [6.45, 7) is 0. The number of nitrogens with zero attached hydrogens (tertiary/aromatic N) is 2. The highest BCUT2D eigenvalue weighted by Gasteiger charge is 2.07. The highest BCUT2D eigenvalue weighted by molar-refractivity contribution is 7.99. The molecule has 1 heterocycles. The second-order valence-corrected chi connectivity index (χ2v) is 7.37. The number of aromatic nitrogens is 1. The van der Waals surface area contributed by atoms with Gasteiger partial charge in [0, 0.05) is 22.2 Å². The van der Waals surface area contributed by atoms with Crippen LogP contribution in [0.1, 0.15) is 5.69 Å². The normalized spacial score (nSPS) is 12.3. The summed E-state index contributed by atoms with van der Waals surface area (Å²) >= 11 is 1.43. The van der Waals surface area contributed by atoms with Crippen LogP contribution in [0.3, 0.4) is 0 Å². The first-order valence-electron chi connectivity index (χ1n) is 5.82. The lowest BCUT2D eigenvalue weighted by atomic mass is 10.3. The molecule has 1 aromatic heterocycles. The molecule has 3 N–H and O–H groups in total. The highest BCUT2D eigenvalue weighted by Crippen LogP contribution is 2.27. The van der Waals surface area contributed by atoms with Crippen molar-refractivity contribution in [1.29, 1.82) is 0 Å². The van der Waals surface area contributed by atoms with Gasteiger partial charge < -0.3 is 10.9 Å². The van der Waals surface area contributed by atoms with E-state index >= 15 is 0 Å². The van der Waals surface area contributed by atoms with Gasteiger partial charge in [0.2, 0.25) is 0 Å². The maximum atomic E-state index is 11.4. The summed E-state index contributed by atoms with van der Waals surface area (Å²) in [5.41, 5.74) is 5.81. The summed E-state index contributed by atoms with van der Waals surface area (Å²) in [6.07, 6.45) is 2.77. The molecule has 0 bridgehead atoms. The molecule has 0 unspecified atom stereocenters. The fourth-order valence-corrected chi connectivity index (χ4v) is 2.95. The van der Waals surface area contributed by atoms with E-state index in [2.05, 4.69) is 10.1 Å². The predicted octanol–water partition coefficient (Wildman–Crippen LogP) is 1.73. The Balaban J connectivity index is 2.15. The van der Waals surface area contributed by atoms with E-state index in [4.69, 9.17) is 10.9 Å². The van der Waals surface area contributed by atoms with Crippen molar-refractivity contribution in [2.75, 3.05) is 6.26 Å². The molecule has 1 aromatic carbocycles. The van der Waals surface area contributed by atoms with E-state index in [0.29, 0.717) is 5.69 Å². The molecule has 0 saturated heterocycles. The summed E-state index contributed by atoms with van der Waals surface area (Å²) in [6, 6.07) is 10.0. The number of hydrogen-bond acceptors (Lipinski definition) is 6. The Bertz CT molecular complexity index is 754. The molecule has 0 fully saturated rings. The van der Waals surface area contributed by atoms with Crippen LogP contribution in [-0.4, -0.2) is 30.7 Å². The molecule has 110 valence electrons. The summed E-state index contributed by atoms with van der Waals surface area (Å²) in [4.78, 5) is 6.10. The maximum Gasteiger partial charge on any atom is 0.188 e. The zero-order valence-corrected chi connectivity index (χ0v) is 12.7. The minimum absolute atomic E-state index is 0.0518. The van der Waals surface area contributed by atoms with Gasteiger partial charge in [-0.2, -0.15) is 0 Å². The predicted molar refractivity (Wildman–Crippen MR) is 80.4 cm³/mol. The number of sulfone groups is 1. The number of benzene rings is 1. The van der Waals surface area contributed by atoms with Crippen molar-refractivity contribution in [3.63, 3.8) is 0 Å². The molecule has 0 saturated carbocycles.